The van der Waals surface area contributed by atoms with Crippen molar-refractivity contribution in [2.24, 2.45) is 0 Å². The zero-order valence-corrected chi connectivity index (χ0v) is 11.7. The first-order valence-corrected chi connectivity index (χ1v) is 6.92. The van der Waals surface area contributed by atoms with Crippen LogP contribution in [0.1, 0.15) is 5.56 Å². The molecule has 1 aliphatic heterocycles. The van der Waals surface area contributed by atoms with Gasteiger partial charge in [0.05, 0.1) is 12.0 Å². The molecule has 0 bridgehead atoms. The van der Waals surface area contributed by atoms with E-state index in [0.29, 0.717) is 19.6 Å². The zero-order valence-electron chi connectivity index (χ0n) is 10.9. The van der Waals surface area contributed by atoms with E-state index in [2.05, 4.69) is 10.3 Å². The summed E-state index contributed by atoms with van der Waals surface area (Å²) in [6, 6.07) is 5.59. The van der Waals surface area contributed by atoms with Crippen LogP contribution in [0.5, 0.6) is 0 Å². The summed E-state index contributed by atoms with van der Waals surface area (Å²) in [6.45, 7) is 1.96. The van der Waals surface area contributed by atoms with Crippen LogP contribution in [0.4, 0.5) is 10.5 Å². The summed E-state index contributed by atoms with van der Waals surface area (Å²) in [5.41, 5.74) is 1.97. The van der Waals surface area contributed by atoms with Gasteiger partial charge in [0.1, 0.15) is 0 Å². The molecule has 0 fully saturated rings. The van der Waals surface area contributed by atoms with Gasteiger partial charge in [0.15, 0.2) is 0 Å². The van der Waals surface area contributed by atoms with E-state index < -0.39 is 0 Å². The Morgan fingerprint density at radius 1 is 1.45 bits per heavy atom. The Balaban J connectivity index is 1.61. The van der Waals surface area contributed by atoms with Crippen molar-refractivity contribution in [3.05, 3.63) is 47.5 Å². The quantitative estimate of drug-likeness (QED) is 0.943. The molecule has 0 radical (unpaired) electrons. The highest BCUT2D eigenvalue weighted by Gasteiger charge is 2.25. The van der Waals surface area contributed by atoms with E-state index in [1.807, 2.05) is 29.0 Å². The summed E-state index contributed by atoms with van der Waals surface area (Å²) in [5, 5.41) is 3.65. The molecule has 5 nitrogen and oxygen atoms in total. The largest absolute Gasteiger partial charge is 0.336 e. The fourth-order valence-electron chi connectivity index (χ4n) is 2.41. The third-order valence-electron chi connectivity index (χ3n) is 3.42. The zero-order chi connectivity index (χ0) is 13.9. The maximum Gasteiger partial charge on any atom is 0.321 e. The van der Waals surface area contributed by atoms with Gasteiger partial charge in [-0.3, -0.25) is 4.90 Å². The number of imidazole rings is 1. The van der Waals surface area contributed by atoms with Crippen LogP contribution in [0.25, 0.3) is 0 Å². The molecule has 0 aliphatic carbocycles. The number of urea groups is 1. The monoisotopic (exact) mass is 290 g/mol. The van der Waals surface area contributed by atoms with Crippen molar-refractivity contribution in [2.45, 2.75) is 13.0 Å². The summed E-state index contributed by atoms with van der Waals surface area (Å²) in [6.07, 6.45) is 6.14. The van der Waals surface area contributed by atoms with Gasteiger partial charge in [-0.05, 0) is 24.1 Å². The molecule has 6 heteroatoms. The van der Waals surface area contributed by atoms with Crippen LogP contribution in [-0.4, -0.2) is 28.7 Å². The maximum atomic E-state index is 12.2. The second kappa shape index (κ2) is 5.54. The average Bonchev–Trinajstić information content (AvgIpc) is 3.08. The summed E-state index contributed by atoms with van der Waals surface area (Å²) < 4.78 is 1.93. The summed E-state index contributed by atoms with van der Waals surface area (Å²) in [7, 11) is 0. The third-order valence-corrected chi connectivity index (χ3v) is 3.78. The summed E-state index contributed by atoms with van der Waals surface area (Å²) in [5.74, 6) is 0. The molecular formula is C14H15ClN4O. The number of benzene rings is 1. The van der Waals surface area contributed by atoms with E-state index in [-0.39, 0.29) is 6.03 Å². The topological polar surface area (TPSA) is 50.2 Å². The molecule has 2 amide bonds. The number of anilines is 1. The lowest BCUT2D eigenvalue weighted by atomic mass is 10.2. The molecule has 1 aliphatic rings. The highest BCUT2D eigenvalue weighted by atomic mass is 35.5. The van der Waals surface area contributed by atoms with Crippen molar-refractivity contribution in [1.29, 1.82) is 0 Å². The second-order valence-electron chi connectivity index (χ2n) is 4.67. The summed E-state index contributed by atoms with van der Waals surface area (Å²) >= 11 is 6.14. The number of aromatic nitrogens is 2. The van der Waals surface area contributed by atoms with Gasteiger partial charge in [-0.15, -0.1) is 0 Å². The fourth-order valence-corrected chi connectivity index (χ4v) is 2.67. The van der Waals surface area contributed by atoms with E-state index >= 15 is 0 Å². The molecule has 2 aromatic rings. The molecule has 104 valence electrons. The van der Waals surface area contributed by atoms with Crippen molar-refractivity contribution in [3.63, 3.8) is 0 Å². The van der Waals surface area contributed by atoms with Crippen molar-refractivity contribution in [3.8, 4) is 0 Å². The van der Waals surface area contributed by atoms with E-state index in [4.69, 9.17) is 11.6 Å². The molecule has 1 aromatic carbocycles. The number of amides is 2. The van der Waals surface area contributed by atoms with Gasteiger partial charge in [0.2, 0.25) is 0 Å². The molecule has 1 aromatic heterocycles. The standard InChI is InChI=1S/C14H15ClN4O/c15-12-2-1-3-13-11(12)4-7-19(13)14(20)17-6-9-18-8-5-16-10-18/h1-3,5,8,10H,4,6-7,9H2,(H,17,20). The number of hydrogen-bond donors (Lipinski definition) is 1. The lowest BCUT2D eigenvalue weighted by Crippen LogP contribution is -2.40. The Morgan fingerprint density at radius 3 is 3.15 bits per heavy atom. The number of fused-ring (bicyclic) bond motifs is 1. The lowest BCUT2D eigenvalue weighted by Gasteiger charge is -2.18. The van der Waals surface area contributed by atoms with Gasteiger partial charge >= 0.3 is 6.03 Å². The number of rotatable bonds is 3. The van der Waals surface area contributed by atoms with Crippen LogP contribution in [0, 0.1) is 0 Å². The fraction of sp³-hybridized carbons (Fsp3) is 0.286. The predicted molar refractivity (Wildman–Crippen MR) is 78.1 cm³/mol. The van der Waals surface area contributed by atoms with Gasteiger partial charge in [-0.25, -0.2) is 9.78 Å². The van der Waals surface area contributed by atoms with Gasteiger partial charge in [-0.1, -0.05) is 17.7 Å². The Morgan fingerprint density at radius 2 is 2.35 bits per heavy atom. The molecule has 2 heterocycles. The molecule has 20 heavy (non-hydrogen) atoms. The second-order valence-corrected chi connectivity index (χ2v) is 5.08. The van der Waals surface area contributed by atoms with Gasteiger partial charge in [-0.2, -0.15) is 0 Å². The van der Waals surface area contributed by atoms with Crippen LogP contribution in [0.2, 0.25) is 5.02 Å². The van der Waals surface area contributed by atoms with E-state index in [1.165, 1.54) is 0 Å². The first-order chi connectivity index (χ1) is 9.75. The highest BCUT2D eigenvalue weighted by Crippen LogP contribution is 2.33. The van der Waals surface area contributed by atoms with E-state index in [0.717, 1.165) is 22.7 Å². The highest BCUT2D eigenvalue weighted by molar-refractivity contribution is 6.32. The molecule has 1 N–H and O–H groups in total. The van der Waals surface area contributed by atoms with Crippen LogP contribution >= 0.6 is 11.6 Å². The third kappa shape index (κ3) is 2.49. The SMILES string of the molecule is O=C(NCCn1ccnc1)N1CCc2c(Cl)cccc21. The predicted octanol–water partition coefficient (Wildman–Crippen LogP) is 2.31. The maximum absolute atomic E-state index is 12.2. The number of carbonyl (C=O) groups is 1. The Kier molecular flexibility index (Phi) is 3.60. The minimum Gasteiger partial charge on any atom is -0.336 e. The molecule has 0 spiro atoms. The Bertz CT molecular complexity index is 612. The van der Waals surface area contributed by atoms with Crippen molar-refractivity contribution in [1.82, 2.24) is 14.9 Å². The van der Waals surface area contributed by atoms with Crippen molar-refractivity contribution < 1.29 is 4.79 Å². The number of hydrogen-bond acceptors (Lipinski definition) is 2. The Labute approximate surface area is 122 Å². The molecule has 0 unspecified atom stereocenters. The van der Waals surface area contributed by atoms with Gasteiger partial charge in [0.25, 0.3) is 0 Å². The molecule has 3 rings (SSSR count). The van der Waals surface area contributed by atoms with E-state index in [9.17, 15) is 4.79 Å². The first kappa shape index (κ1) is 13.0. The molecule has 0 saturated carbocycles. The number of halogens is 1. The smallest absolute Gasteiger partial charge is 0.321 e. The van der Waals surface area contributed by atoms with Crippen LogP contribution in [-0.2, 0) is 13.0 Å². The number of nitrogens with zero attached hydrogens (tertiary/aromatic N) is 3. The van der Waals surface area contributed by atoms with Crippen LogP contribution in [0.3, 0.4) is 0 Å². The van der Waals surface area contributed by atoms with Gasteiger partial charge < -0.3 is 9.88 Å². The number of carbonyl (C=O) groups excluding carboxylic acids is 1. The number of nitrogens with one attached hydrogen (secondary N) is 1. The Hall–Kier alpha value is -2.01. The van der Waals surface area contributed by atoms with Gasteiger partial charge in [0, 0.05) is 37.1 Å². The van der Waals surface area contributed by atoms with Crippen molar-refractivity contribution in [2.75, 3.05) is 18.0 Å². The van der Waals surface area contributed by atoms with E-state index in [1.54, 1.807) is 17.4 Å². The summed E-state index contributed by atoms with van der Waals surface area (Å²) in [4.78, 5) is 17.9. The normalized spacial score (nSPS) is 13.3. The molecular weight excluding hydrogens is 276 g/mol. The molecule has 0 atom stereocenters. The van der Waals surface area contributed by atoms with Crippen LogP contribution < -0.4 is 10.2 Å². The minimum atomic E-state index is -0.0777. The molecule has 0 saturated heterocycles. The van der Waals surface area contributed by atoms with Crippen molar-refractivity contribution >= 4 is 23.3 Å². The minimum absolute atomic E-state index is 0.0777. The average molecular weight is 291 g/mol. The first-order valence-electron chi connectivity index (χ1n) is 6.54. The van der Waals surface area contributed by atoms with Crippen LogP contribution in [0.15, 0.2) is 36.9 Å². The lowest BCUT2D eigenvalue weighted by molar-refractivity contribution is 0.246.